The van der Waals surface area contributed by atoms with Crippen molar-refractivity contribution in [2.45, 2.75) is 51.4 Å². The lowest BCUT2D eigenvalue weighted by atomic mass is 10.2. The van der Waals surface area contributed by atoms with Crippen LogP contribution in [-0.2, 0) is 11.4 Å². The van der Waals surface area contributed by atoms with Gasteiger partial charge in [0.05, 0.1) is 21.5 Å². The molecule has 1 aromatic heterocycles. The lowest BCUT2D eigenvalue weighted by Gasteiger charge is -2.19. The van der Waals surface area contributed by atoms with Gasteiger partial charge in [0.25, 0.3) is 0 Å². The molecule has 32 heavy (non-hydrogen) atoms. The van der Waals surface area contributed by atoms with Crippen molar-refractivity contribution in [3.05, 3.63) is 63.9 Å². The minimum atomic E-state index is -0.159. The number of thioether (sulfide) groups is 1. The molecule has 0 atom stereocenters. The topological polar surface area (TPSA) is 69.0 Å². The molecule has 3 rings (SSSR count). The summed E-state index contributed by atoms with van der Waals surface area (Å²) in [5.41, 5.74) is 1.63. The average molecular weight is 493 g/mol. The van der Waals surface area contributed by atoms with Crippen LogP contribution >= 0.6 is 35.0 Å². The van der Waals surface area contributed by atoms with Crippen LogP contribution in [0, 0.1) is 6.92 Å². The number of benzene rings is 2. The van der Waals surface area contributed by atoms with Crippen LogP contribution < -0.4 is 10.1 Å². The van der Waals surface area contributed by atoms with Crippen molar-refractivity contribution < 1.29 is 9.53 Å². The molecule has 1 heterocycles. The van der Waals surface area contributed by atoms with Gasteiger partial charge in [0.2, 0.25) is 5.91 Å². The van der Waals surface area contributed by atoms with E-state index in [1.54, 1.807) is 12.1 Å². The smallest absolute Gasteiger partial charge is 0.234 e. The summed E-state index contributed by atoms with van der Waals surface area (Å²) in [7, 11) is 0. The molecule has 170 valence electrons. The fourth-order valence-electron chi connectivity index (χ4n) is 3.27. The summed E-state index contributed by atoms with van der Waals surface area (Å²) in [5, 5.41) is 13.3. The maximum absolute atomic E-state index is 12.5. The van der Waals surface area contributed by atoms with E-state index in [0.717, 1.165) is 18.4 Å². The third-order valence-corrected chi connectivity index (χ3v) is 6.54. The number of carbonyl (C=O) groups excluding carboxylic acids is 1. The zero-order valence-corrected chi connectivity index (χ0v) is 20.6. The van der Waals surface area contributed by atoms with Gasteiger partial charge in [0, 0.05) is 6.04 Å². The molecule has 0 radical (unpaired) electrons. The predicted octanol–water partition coefficient (Wildman–Crippen LogP) is 6.56. The van der Waals surface area contributed by atoms with Crippen molar-refractivity contribution in [1.29, 1.82) is 0 Å². The van der Waals surface area contributed by atoms with Crippen LogP contribution in [0.15, 0.2) is 47.6 Å². The molecule has 0 unspecified atom stereocenters. The maximum atomic E-state index is 12.5. The van der Waals surface area contributed by atoms with Crippen molar-refractivity contribution in [3.8, 4) is 5.75 Å². The largest absolute Gasteiger partial charge is 0.484 e. The van der Waals surface area contributed by atoms with Gasteiger partial charge in [-0.1, -0.05) is 67.0 Å². The fourth-order valence-corrected chi connectivity index (χ4v) is 4.56. The Bertz CT molecular complexity index is 1070. The Balaban J connectivity index is 1.71. The van der Waals surface area contributed by atoms with Crippen molar-refractivity contribution in [2.24, 2.45) is 0 Å². The molecule has 0 aliphatic rings. The highest BCUT2D eigenvalue weighted by atomic mass is 35.5. The summed E-state index contributed by atoms with van der Waals surface area (Å²) >= 11 is 13.8. The summed E-state index contributed by atoms with van der Waals surface area (Å²) in [6.45, 7) is 6.42. The molecule has 6 nitrogen and oxygen atoms in total. The summed E-state index contributed by atoms with van der Waals surface area (Å²) < 4.78 is 7.95. The summed E-state index contributed by atoms with van der Waals surface area (Å²) in [4.78, 5) is 12.5. The second-order valence-electron chi connectivity index (χ2n) is 7.28. The Labute approximate surface area is 202 Å². The van der Waals surface area contributed by atoms with Gasteiger partial charge < -0.3 is 14.6 Å². The van der Waals surface area contributed by atoms with E-state index in [1.165, 1.54) is 11.8 Å². The first-order valence-electron chi connectivity index (χ1n) is 10.4. The number of para-hydroxylation sites is 1. The van der Waals surface area contributed by atoms with E-state index in [1.807, 2.05) is 37.3 Å². The molecule has 0 bridgehead atoms. The zero-order valence-electron chi connectivity index (χ0n) is 18.3. The number of anilines is 1. The lowest BCUT2D eigenvalue weighted by Crippen LogP contribution is -2.17. The Morgan fingerprint density at radius 1 is 1.12 bits per heavy atom. The molecule has 9 heteroatoms. The Morgan fingerprint density at radius 3 is 2.56 bits per heavy atom. The number of nitrogens with zero attached hydrogens (tertiary/aromatic N) is 3. The minimum absolute atomic E-state index is 0.159. The summed E-state index contributed by atoms with van der Waals surface area (Å²) in [6, 6.07) is 13.0. The molecule has 1 amide bonds. The predicted molar refractivity (Wildman–Crippen MR) is 131 cm³/mol. The molecule has 3 aromatic rings. The number of aromatic nitrogens is 3. The lowest BCUT2D eigenvalue weighted by molar-refractivity contribution is -0.113. The first-order chi connectivity index (χ1) is 15.4. The Hall–Kier alpha value is -2.22. The molecular formula is C23H26Cl2N4O2S. The van der Waals surface area contributed by atoms with Gasteiger partial charge in [0.1, 0.15) is 12.4 Å². The van der Waals surface area contributed by atoms with Crippen molar-refractivity contribution >= 4 is 46.6 Å². The van der Waals surface area contributed by atoms with Crippen LogP contribution in [0.25, 0.3) is 0 Å². The molecule has 0 saturated heterocycles. The number of nitrogens with one attached hydrogen (secondary N) is 1. The van der Waals surface area contributed by atoms with Gasteiger partial charge >= 0.3 is 0 Å². The van der Waals surface area contributed by atoms with E-state index < -0.39 is 0 Å². The molecule has 0 saturated carbocycles. The SMILES string of the molecule is CCC(CC)n1c(COc2ccccc2Cl)nnc1SCC(=O)Nc1ccc(C)cc1Cl. The van der Waals surface area contributed by atoms with Gasteiger partial charge in [-0.3, -0.25) is 4.79 Å². The second-order valence-corrected chi connectivity index (χ2v) is 9.04. The highest BCUT2D eigenvalue weighted by Gasteiger charge is 2.20. The number of aryl methyl sites for hydroxylation is 1. The van der Waals surface area contributed by atoms with Gasteiger partial charge in [0.15, 0.2) is 11.0 Å². The maximum Gasteiger partial charge on any atom is 0.234 e. The molecular weight excluding hydrogens is 467 g/mol. The van der Waals surface area contributed by atoms with E-state index in [2.05, 4.69) is 33.9 Å². The number of carbonyl (C=O) groups is 1. The minimum Gasteiger partial charge on any atom is -0.484 e. The van der Waals surface area contributed by atoms with Crippen LogP contribution in [0.2, 0.25) is 10.0 Å². The normalized spacial score (nSPS) is 11.1. The third kappa shape index (κ3) is 6.18. The van der Waals surface area contributed by atoms with E-state index in [4.69, 9.17) is 27.9 Å². The summed E-state index contributed by atoms with van der Waals surface area (Å²) in [5.74, 6) is 1.32. The van der Waals surface area contributed by atoms with E-state index >= 15 is 0 Å². The second kappa shape index (κ2) is 11.6. The quantitative estimate of drug-likeness (QED) is 0.324. The van der Waals surface area contributed by atoms with Crippen LogP contribution in [0.5, 0.6) is 5.75 Å². The Morgan fingerprint density at radius 2 is 1.88 bits per heavy atom. The standard InChI is InChI=1S/C23H26Cl2N4O2S/c1-4-16(5-2)29-21(13-31-20-9-7-6-8-17(20)24)27-28-23(29)32-14-22(30)26-19-11-10-15(3)12-18(19)25/h6-12,16H,4-5,13-14H2,1-3H3,(H,26,30). The molecule has 0 spiro atoms. The first kappa shape index (κ1) is 24.4. The molecule has 0 aliphatic heterocycles. The number of amides is 1. The monoisotopic (exact) mass is 492 g/mol. The highest BCUT2D eigenvalue weighted by molar-refractivity contribution is 7.99. The number of hydrogen-bond donors (Lipinski definition) is 1. The molecule has 1 N–H and O–H groups in total. The molecule has 0 fully saturated rings. The van der Waals surface area contributed by atoms with E-state index in [-0.39, 0.29) is 24.3 Å². The zero-order chi connectivity index (χ0) is 23.1. The first-order valence-corrected chi connectivity index (χ1v) is 12.2. The van der Waals surface area contributed by atoms with Crippen molar-refractivity contribution in [3.63, 3.8) is 0 Å². The van der Waals surface area contributed by atoms with Gasteiger partial charge in [-0.05, 0) is 49.6 Å². The number of halogens is 2. The average Bonchev–Trinajstić information content (AvgIpc) is 3.17. The Kier molecular flexibility index (Phi) is 8.84. The molecule has 2 aromatic carbocycles. The van der Waals surface area contributed by atoms with Crippen LogP contribution in [-0.4, -0.2) is 26.4 Å². The van der Waals surface area contributed by atoms with Crippen LogP contribution in [0.4, 0.5) is 5.69 Å². The van der Waals surface area contributed by atoms with Gasteiger partial charge in [-0.25, -0.2) is 0 Å². The third-order valence-electron chi connectivity index (χ3n) is 4.97. The van der Waals surface area contributed by atoms with Gasteiger partial charge in [-0.15, -0.1) is 10.2 Å². The van der Waals surface area contributed by atoms with Crippen molar-refractivity contribution in [2.75, 3.05) is 11.1 Å². The fraction of sp³-hybridized carbons (Fsp3) is 0.348. The number of ether oxygens (including phenoxy) is 1. The van der Waals surface area contributed by atoms with Crippen LogP contribution in [0.1, 0.15) is 44.1 Å². The van der Waals surface area contributed by atoms with E-state index in [9.17, 15) is 4.79 Å². The number of rotatable bonds is 10. The molecule has 0 aliphatic carbocycles. The summed E-state index contributed by atoms with van der Waals surface area (Å²) in [6.07, 6.45) is 1.82. The van der Waals surface area contributed by atoms with Crippen LogP contribution in [0.3, 0.4) is 0 Å². The van der Waals surface area contributed by atoms with Crippen molar-refractivity contribution in [1.82, 2.24) is 14.8 Å². The van der Waals surface area contributed by atoms with E-state index in [0.29, 0.717) is 32.5 Å². The highest BCUT2D eigenvalue weighted by Crippen LogP contribution is 2.29. The van der Waals surface area contributed by atoms with Gasteiger partial charge in [-0.2, -0.15) is 0 Å². The number of hydrogen-bond acceptors (Lipinski definition) is 5.